The molecule has 2 rings (SSSR count). The molecule has 1 heterocycles. The molecule has 0 amide bonds. The summed E-state index contributed by atoms with van der Waals surface area (Å²) in [7, 11) is 0. The minimum absolute atomic E-state index is 0.0852. The van der Waals surface area contributed by atoms with Gasteiger partial charge in [-0.25, -0.2) is 4.98 Å². The quantitative estimate of drug-likeness (QED) is 0.848. The first-order valence-corrected chi connectivity index (χ1v) is 7.23. The van der Waals surface area contributed by atoms with Crippen LogP contribution in [0.25, 0.3) is 0 Å². The SMILES string of the molecule is CC(C)Oc1ccnc(N(CCCN)c2ccccc2)n1. The number of hydrogen-bond acceptors (Lipinski definition) is 5. The second-order valence-corrected chi connectivity index (χ2v) is 4.99. The van der Waals surface area contributed by atoms with Gasteiger partial charge in [0.05, 0.1) is 6.10 Å². The number of nitrogens with two attached hydrogens (primary N) is 1. The first kappa shape index (κ1) is 15.3. The number of rotatable bonds is 7. The molecule has 0 aliphatic heterocycles. The number of anilines is 2. The molecule has 0 fully saturated rings. The van der Waals surface area contributed by atoms with Crippen LogP contribution in [-0.4, -0.2) is 29.2 Å². The Morgan fingerprint density at radius 3 is 2.62 bits per heavy atom. The summed E-state index contributed by atoms with van der Waals surface area (Å²) in [6, 6.07) is 11.8. The van der Waals surface area contributed by atoms with E-state index >= 15 is 0 Å². The lowest BCUT2D eigenvalue weighted by atomic mass is 10.2. The largest absolute Gasteiger partial charge is 0.475 e. The zero-order chi connectivity index (χ0) is 15.1. The number of benzene rings is 1. The number of aromatic nitrogens is 2. The van der Waals surface area contributed by atoms with Crippen LogP contribution in [0.15, 0.2) is 42.6 Å². The van der Waals surface area contributed by atoms with Crippen molar-refractivity contribution in [3.8, 4) is 5.88 Å². The third kappa shape index (κ3) is 4.43. The number of para-hydroxylation sites is 1. The van der Waals surface area contributed by atoms with Gasteiger partial charge in [-0.1, -0.05) is 18.2 Å². The summed E-state index contributed by atoms with van der Waals surface area (Å²) in [4.78, 5) is 10.9. The maximum absolute atomic E-state index is 5.64. The molecule has 2 aromatic rings. The average Bonchev–Trinajstić information content (AvgIpc) is 2.48. The predicted octanol–water partition coefficient (Wildman–Crippen LogP) is 2.75. The highest BCUT2D eigenvalue weighted by Crippen LogP contribution is 2.23. The Labute approximate surface area is 125 Å². The van der Waals surface area contributed by atoms with Gasteiger partial charge >= 0.3 is 0 Å². The Bertz CT molecular complexity index is 545. The van der Waals surface area contributed by atoms with Crippen LogP contribution < -0.4 is 15.4 Å². The first-order valence-electron chi connectivity index (χ1n) is 7.23. The van der Waals surface area contributed by atoms with Crippen LogP contribution >= 0.6 is 0 Å². The van der Waals surface area contributed by atoms with Crippen LogP contribution in [0.2, 0.25) is 0 Å². The van der Waals surface area contributed by atoms with Gasteiger partial charge in [0.15, 0.2) is 0 Å². The summed E-state index contributed by atoms with van der Waals surface area (Å²) in [6.07, 6.45) is 2.67. The van der Waals surface area contributed by atoms with E-state index in [0.717, 1.165) is 18.7 Å². The molecule has 0 saturated carbocycles. The minimum Gasteiger partial charge on any atom is -0.475 e. The molecule has 0 unspecified atom stereocenters. The van der Waals surface area contributed by atoms with Gasteiger partial charge in [0.25, 0.3) is 0 Å². The van der Waals surface area contributed by atoms with Gasteiger partial charge in [-0.15, -0.1) is 0 Å². The molecule has 5 heteroatoms. The van der Waals surface area contributed by atoms with E-state index in [1.165, 1.54) is 0 Å². The fraction of sp³-hybridized carbons (Fsp3) is 0.375. The Hall–Kier alpha value is -2.14. The lowest BCUT2D eigenvalue weighted by Gasteiger charge is -2.23. The molecule has 0 aliphatic rings. The molecule has 0 radical (unpaired) electrons. The van der Waals surface area contributed by atoms with Crippen molar-refractivity contribution < 1.29 is 4.74 Å². The molecule has 0 saturated heterocycles. The Kier molecular flexibility index (Phi) is 5.51. The average molecular weight is 286 g/mol. The second kappa shape index (κ2) is 7.59. The van der Waals surface area contributed by atoms with Crippen molar-refractivity contribution >= 4 is 11.6 Å². The van der Waals surface area contributed by atoms with Crippen molar-refractivity contribution in [1.29, 1.82) is 0 Å². The van der Waals surface area contributed by atoms with E-state index in [9.17, 15) is 0 Å². The molecule has 5 nitrogen and oxygen atoms in total. The van der Waals surface area contributed by atoms with Gasteiger partial charge in [-0.2, -0.15) is 4.98 Å². The summed E-state index contributed by atoms with van der Waals surface area (Å²) >= 11 is 0. The summed E-state index contributed by atoms with van der Waals surface area (Å²) in [5.74, 6) is 1.22. The van der Waals surface area contributed by atoms with E-state index in [4.69, 9.17) is 10.5 Å². The van der Waals surface area contributed by atoms with Crippen molar-refractivity contribution in [2.24, 2.45) is 5.73 Å². The topological polar surface area (TPSA) is 64.3 Å². The lowest BCUT2D eigenvalue weighted by Crippen LogP contribution is -2.23. The van der Waals surface area contributed by atoms with Crippen LogP contribution in [0.1, 0.15) is 20.3 Å². The van der Waals surface area contributed by atoms with Crippen LogP contribution in [0.5, 0.6) is 5.88 Å². The van der Waals surface area contributed by atoms with E-state index in [2.05, 4.69) is 14.9 Å². The van der Waals surface area contributed by atoms with E-state index < -0.39 is 0 Å². The molecule has 0 bridgehead atoms. The van der Waals surface area contributed by atoms with Gasteiger partial charge in [-0.05, 0) is 38.9 Å². The van der Waals surface area contributed by atoms with Gasteiger partial charge in [0.2, 0.25) is 11.8 Å². The highest BCUT2D eigenvalue weighted by molar-refractivity contribution is 5.57. The maximum atomic E-state index is 5.64. The van der Waals surface area contributed by atoms with Crippen molar-refractivity contribution in [2.75, 3.05) is 18.0 Å². The number of nitrogens with zero attached hydrogens (tertiary/aromatic N) is 3. The molecule has 1 aromatic carbocycles. The lowest BCUT2D eigenvalue weighted by molar-refractivity contribution is 0.232. The first-order chi connectivity index (χ1) is 10.2. The van der Waals surface area contributed by atoms with Crippen LogP contribution in [0.4, 0.5) is 11.6 Å². The highest BCUT2D eigenvalue weighted by atomic mass is 16.5. The molecule has 0 spiro atoms. The summed E-state index contributed by atoms with van der Waals surface area (Å²) in [5, 5.41) is 0. The fourth-order valence-electron chi connectivity index (χ4n) is 1.97. The number of ether oxygens (including phenoxy) is 1. The smallest absolute Gasteiger partial charge is 0.233 e. The van der Waals surface area contributed by atoms with E-state index in [-0.39, 0.29) is 6.10 Å². The van der Waals surface area contributed by atoms with E-state index in [1.54, 1.807) is 12.3 Å². The maximum Gasteiger partial charge on any atom is 0.233 e. The summed E-state index contributed by atoms with van der Waals surface area (Å²) < 4.78 is 5.64. The molecule has 1 aromatic heterocycles. The molecule has 2 N–H and O–H groups in total. The van der Waals surface area contributed by atoms with Crippen molar-refractivity contribution in [3.05, 3.63) is 42.6 Å². The zero-order valence-corrected chi connectivity index (χ0v) is 12.6. The van der Waals surface area contributed by atoms with E-state index in [0.29, 0.717) is 18.4 Å². The zero-order valence-electron chi connectivity index (χ0n) is 12.6. The monoisotopic (exact) mass is 286 g/mol. The third-order valence-electron chi connectivity index (χ3n) is 2.87. The molecule has 112 valence electrons. The second-order valence-electron chi connectivity index (χ2n) is 4.99. The van der Waals surface area contributed by atoms with Crippen LogP contribution in [0, 0.1) is 0 Å². The molecule has 0 atom stereocenters. The highest BCUT2D eigenvalue weighted by Gasteiger charge is 2.12. The molecular weight excluding hydrogens is 264 g/mol. The molecular formula is C16H22N4O. The Morgan fingerprint density at radius 1 is 1.19 bits per heavy atom. The third-order valence-corrected chi connectivity index (χ3v) is 2.87. The van der Waals surface area contributed by atoms with Crippen molar-refractivity contribution in [2.45, 2.75) is 26.4 Å². The molecule has 0 aliphatic carbocycles. The summed E-state index contributed by atoms with van der Waals surface area (Å²) in [6.45, 7) is 5.35. The molecule has 21 heavy (non-hydrogen) atoms. The normalized spacial score (nSPS) is 10.7. The van der Waals surface area contributed by atoms with Crippen molar-refractivity contribution in [3.63, 3.8) is 0 Å². The van der Waals surface area contributed by atoms with Gasteiger partial charge < -0.3 is 15.4 Å². The van der Waals surface area contributed by atoms with Gasteiger partial charge in [-0.3, -0.25) is 0 Å². The van der Waals surface area contributed by atoms with Crippen LogP contribution in [0.3, 0.4) is 0 Å². The minimum atomic E-state index is 0.0852. The fourth-order valence-corrected chi connectivity index (χ4v) is 1.97. The Morgan fingerprint density at radius 2 is 1.95 bits per heavy atom. The number of hydrogen-bond donors (Lipinski definition) is 1. The predicted molar refractivity (Wildman–Crippen MR) is 84.9 cm³/mol. The van der Waals surface area contributed by atoms with Crippen molar-refractivity contribution in [1.82, 2.24) is 9.97 Å². The van der Waals surface area contributed by atoms with Gasteiger partial charge in [0.1, 0.15) is 0 Å². The summed E-state index contributed by atoms with van der Waals surface area (Å²) in [5.41, 5.74) is 6.69. The standard InChI is InChI=1S/C16H22N4O/c1-13(2)21-15-9-11-18-16(19-15)20(12-6-10-17)14-7-4-3-5-8-14/h3-5,7-9,11,13H,6,10,12,17H2,1-2H3. The Balaban J connectivity index is 2.28. The van der Waals surface area contributed by atoms with Gasteiger partial charge in [0, 0.05) is 24.5 Å². The van der Waals surface area contributed by atoms with Crippen LogP contribution in [-0.2, 0) is 0 Å². The van der Waals surface area contributed by atoms with E-state index in [1.807, 2.05) is 44.2 Å².